The van der Waals surface area contributed by atoms with Crippen LogP contribution >= 0.6 is 11.8 Å². The summed E-state index contributed by atoms with van der Waals surface area (Å²) in [7, 11) is 0. The number of benzene rings is 1. The fourth-order valence-corrected chi connectivity index (χ4v) is 26.2. The van der Waals surface area contributed by atoms with Crippen LogP contribution in [0.5, 0.6) is 0 Å². The molecule has 1 aromatic rings. The summed E-state index contributed by atoms with van der Waals surface area (Å²) in [5, 5.41) is 0. The zero-order chi connectivity index (χ0) is 20.7. The molecule has 0 nitrogen and oxygen atoms in total. The molecule has 0 heterocycles. The Balaban J connectivity index is 3.48. The van der Waals surface area contributed by atoms with Crippen molar-refractivity contribution in [3.05, 3.63) is 38.8 Å². The monoisotopic (exact) mass is 510 g/mol. The first-order chi connectivity index (χ1) is 13.7. The first kappa shape index (κ1) is 26.1. The summed E-state index contributed by atoms with van der Waals surface area (Å²) in [6.07, 6.45) is 13.7. The molecule has 28 heavy (non-hydrogen) atoms. The van der Waals surface area contributed by atoms with E-state index in [1.54, 1.807) is 13.3 Å². The van der Waals surface area contributed by atoms with Gasteiger partial charge in [0.1, 0.15) is 0 Å². The zero-order valence-electron chi connectivity index (χ0n) is 19.5. The number of hydrogen-bond donors (Lipinski definition) is 0. The summed E-state index contributed by atoms with van der Waals surface area (Å²) in [5.41, 5.74) is 1.86. The SMILES string of the molecule is CCC[CH2][Sn]([CH2]CCC)([CH2]CCC)[C](Sc1ccccc1)=C(CCC)CCC. The molecule has 0 unspecified atom stereocenters. The summed E-state index contributed by atoms with van der Waals surface area (Å²) in [6.45, 7) is 11.9. The van der Waals surface area contributed by atoms with Crippen LogP contribution in [0.15, 0.2) is 43.7 Å². The van der Waals surface area contributed by atoms with Crippen LogP contribution in [0.3, 0.4) is 0 Å². The summed E-state index contributed by atoms with van der Waals surface area (Å²) < 4.78 is 6.71. The van der Waals surface area contributed by atoms with Crippen LogP contribution in [0.1, 0.15) is 98.8 Å². The number of unbranched alkanes of at least 4 members (excludes halogenated alkanes) is 3. The van der Waals surface area contributed by atoms with Crippen molar-refractivity contribution >= 4 is 30.1 Å². The van der Waals surface area contributed by atoms with Crippen LogP contribution in [0, 0.1) is 0 Å². The van der Waals surface area contributed by atoms with Crippen LogP contribution in [0.25, 0.3) is 0 Å². The van der Waals surface area contributed by atoms with Crippen molar-refractivity contribution in [3.8, 4) is 0 Å². The van der Waals surface area contributed by atoms with Crippen molar-refractivity contribution < 1.29 is 0 Å². The Morgan fingerprint density at radius 3 is 1.54 bits per heavy atom. The van der Waals surface area contributed by atoms with Gasteiger partial charge in [-0.2, -0.15) is 0 Å². The van der Waals surface area contributed by atoms with Crippen molar-refractivity contribution in [1.29, 1.82) is 0 Å². The van der Waals surface area contributed by atoms with Gasteiger partial charge in [0.05, 0.1) is 0 Å². The van der Waals surface area contributed by atoms with Crippen LogP contribution < -0.4 is 0 Å². The molecule has 0 fully saturated rings. The van der Waals surface area contributed by atoms with E-state index in [9.17, 15) is 0 Å². The molecule has 0 N–H and O–H groups in total. The Kier molecular flexibility index (Phi) is 14.8. The van der Waals surface area contributed by atoms with Gasteiger partial charge in [0.25, 0.3) is 0 Å². The van der Waals surface area contributed by atoms with Gasteiger partial charge in [-0.1, -0.05) is 0 Å². The van der Waals surface area contributed by atoms with E-state index in [0.717, 1.165) is 0 Å². The molecule has 1 aromatic carbocycles. The fraction of sp³-hybridized carbons (Fsp3) is 0.692. The van der Waals surface area contributed by atoms with E-state index in [0.29, 0.717) is 0 Å². The molecule has 0 atom stereocenters. The van der Waals surface area contributed by atoms with Crippen molar-refractivity contribution in [2.45, 2.75) is 117 Å². The molecule has 2 heteroatoms. The molecule has 0 saturated heterocycles. The van der Waals surface area contributed by atoms with Crippen molar-refractivity contribution in [2.75, 3.05) is 0 Å². The first-order valence-corrected chi connectivity index (χ1v) is 20.4. The van der Waals surface area contributed by atoms with Gasteiger partial charge in [-0.15, -0.1) is 0 Å². The number of hydrogen-bond acceptors (Lipinski definition) is 1. The van der Waals surface area contributed by atoms with Crippen molar-refractivity contribution in [1.82, 2.24) is 0 Å². The van der Waals surface area contributed by atoms with E-state index in [4.69, 9.17) is 0 Å². The van der Waals surface area contributed by atoms with E-state index in [-0.39, 0.29) is 0 Å². The topological polar surface area (TPSA) is 0 Å². The molecule has 0 aliphatic rings. The van der Waals surface area contributed by atoms with Gasteiger partial charge in [0, 0.05) is 0 Å². The number of rotatable bonds is 16. The van der Waals surface area contributed by atoms with E-state index >= 15 is 0 Å². The fourth-order valence-electron chi connectivity index (χ4n) is 4.38. The molecule has 0 spiro atoms. The number of thioether (sulfide) groups is 1. The van der Waals surface area contributed by atoms with Crippen LogP contribution in [0.4, 0.5) is 0 Å². The average Bonchev–Trinajstić information content (AvgIpc) is 2.73. The van der Waals surface area contributed by atoms with Crippen molar-refractivity contribution in [3.63, 3.8) is 0 Å². The molecular weight excluding hydrogens is 463 g/mol. The number of allylic oxidation sites excluding steroid dienone is 1. The summed E-state index contributed by atoms with van der Waals surface area (Å²) in [4.78, 5) is 1.48. The Bertz CT molecular complexity index is 505. The average molecular weight is 509 g/mol. The molecular formula is C26H46SSn. The summed E-state index contributed by atoms with van der Waals surface area (Å²) >= 11 is -0.208. The summed E-state index contributed by atoms with van der Waals surface area (Å²) in [5.74, 6) is 0. The van der Waals surface area contributed by atoms with Gasteiger partial charge in [-0.25, -0.2) is 0 Å². The normalized spacial score (nSPS) is 11.6. The van der Waals surface area contributed by atoms with Gasteiger partial charge in [-0.05, 0) is 0 Å². The first-order valence-electron chi connectivity index (χ1n) is 12.1. The molecule has 0 aromatic heterocycles. The van der Waals surface area contributed by atoms with Gasteiger partial charge in [0.2, 0.25) is 0 Å². The van der Waals surface area contributed by atoms with Gasteiger partial charge in [0.15, 0.2) is 0 Å². The zero-order valence-corrected chi connectivity index (χ0v) is 23.2. The van der Waals surface area contributed by atoms with Crippen LogP contribution in [-0.2, 0) is 0 Å². The molecule has 1 rings (SSSR count). The molecule has 160 valence electrons. The van der Waals surface area contributed by atoms with Crippen LogP contribution in [0.2, 0.25) is 13.3 Å². The molecule has 0 saturated carbocycles. The Hall–Kier alpha value is 0.109. The quantitative estimate of drug-likeness (QED) is 0.158. The minimum absolute atomic E-state index is 1.30. The molecule has 0 aliphatic heterocycles. The third kappa shape index (κ3) is 8.86. The molecule has 0 aliphatic carbocycles. The maximum atomic E-state index is 2.39. The van der Waals surface area contributed by atoms with E-state index < -0.39 is 18.4 Å². The predicted molar refractivity (Wildman–Crippen MR) is 134 cm³/mol. The second-order valence-electron chi connectivity index (χ2n) is 8.44. The summed E-state index contributed by atoms with van der Waals surface area (Å²) in [6, 6.07) is 11.3. The Labute approximate surface area is 185 Å². The molecule has 0 radical (unpaired) electrons. The Morgan fingerprint density at radius 2 is 1.14 bits per heavy atom. The predicted octanol–water partition coefficient (Wildman–Crippen LogP) is 10.0. The van der Waals surface area contributed by atoms with Gasteiger partial charge < -0.3 is 0 Å². The molecule has 0 amide bonds. The van der Waals surface area contributed by atoms with E-state index in [1.165, 1.54) is 69.1 Å². The van der Waals surface area contributed by atoms with E-state index in [2.05, 4.69) is 76.7 Å². The second kappa shape index (κ2) is 15.9. The third-order valence-electron chi connectivity index (χ3n) is 5.90. The van der Waals surface area contributed by atoms with Gasteiger partial charge >= 0.3 is 186 Å². The molecule has 0 bridgehead atoms. The Morgan fingerprint density at radius 1 is 0.679 bits per heavy atom. The standard InChI is InChI=1S/C14H19S.3C4H9.Sn/c1-3-8-13(9-4-2)12-15-14-10-6-5-7-11-14;3*1-3-4-2;/h5-7,10-11H,3-4,8-9H2,1-2H3;3*1,3-4H2,2H3;. The third-order valence-corrected chi connectivity index (χ3v) is 25.7. The van der Waals surface area contributed by atoms with Gasteiger partial charge in [-0.3, -0.25) is 0 Å². The van der Waals surface area contributed by atoms with Crippen molar-refractivity contribution in [2.24, 2.45) is 0 Å². The van der Waals surface area contributed by atoms with Crippen LogP contribution in [-0.4, -0.2) is 18.4 Å². The van der Waals surface area contributed by atoms with E-state index in [1.807, 2.05) is 8.49 Å². The second-order valence-corrected chi connectivity index (χ2v) is 23.6. The maximum absolute atomic E-state index is 2.42. The minimum atomic E-state index is -2.42.